The van der Waals surface area contributed by atoms with Crippen LogP contribution in [0, 0.1) is 11.3 Å². The Morgan fingerprint density at radius 2 is 2.00 bits per heavy atom. The molecule has 0 radical (unpaired) electrons. The number of aromatic hydroxyl groups is 1. The first-order valence-electron chi connectivity index (χ1n) is 10.5. The molecule has 0 bridgehead atoms. The number of hydrogen-bond acceptors (Lipinski definition) is 5. The quantitative estimate of drug-likeness (QED) is 0.736. The molecule has 7 nitrogen and oxygen atoms in total. The number of imide groups is 1. The van der Waals surface area contributed by atoms with Crippen LogP contribution in [0.1, 0.15) is 44.9 Å². The van der Waals surface area contributed by atoms with Gasteiger partial charge in [-0.3, -0.25) is 19.4 Å². The van der Waals surface area contributed by atoms with E-state index in [1.165, 1.54) is 9.80 Å². The molecule has 3 amide bonds. The molecule has 0 saturated carbocycles. The fourth-order valence-electron chi connectivity index (χ4n) is 4.67. The zero-order chi connectivity index (χ0) is 22.6. The number of nitrogens with zero attached hydrogens (tertiary/aromatic N) is 2. The molecule has 31 heavy (non-hydrogen) atoms. The third kappa shape index (κ3) is 3.52. The van der Waals surface area contributed by atoms with E-state index in [-0.39, 0.29) is 24.1 Å². The minimum absolute atomic E-state index is 0.0325. The molecule has 0 spiro atoms. The molecule has 2 aliphatic heterocycles. The van der Waals surface area contributed by atoms with E-state index < -0.39 is 29.1 Å². The van der Waals surface area contributed by atoms with Gasteiger partial charge < -0.3 is 9.84 Å². The van der Waals surface area contributed by atoms with Gasteiger partial charge in [-0.1, -0.05) is 36.4 Å². The lowest BCUT2D eigenvalue weighted by molar-refractivity contribution is -0.141. The van der Waals surface area contributed by atoms with E-state index in [1.807, 2.05) is 6.07 Å². The summed E-state index contributed by atoms with van der Waals surface area (Å²) >= 11 is 0. The first-order chi connectivity index (χ1) is 14.5. The number of rotatable bonds is 2. The molecular weight excluding hydrogens is 396 g/mol. The van der Waals surface area contributed by atoms with E-state index in [9.17, 15) is 19.5 Å². The summed E-state index contributed by atoms with van der Waals surface area (Å²) < 4.78 is 5.59. The Labute approximate surface area is 182 Å². The van der Waals surface area contributed by atoms with Gasteiger partial charge in [0.15, 0.2) is 0 Å². The Balaban J connectivity index is 1.72. The van der Waals surface area contributed by atoms with Crippen molar-refractivity contribution in [3.05, 3.63) is 53.6 Å². The van der Waals surface area contributed by atoms with Crippen molar-refractivity contribution in [2.24, 2.45) is 11.3 Å². The van der Waals surface area contributed by atoms with E-state index >= 15 is 0 Å². The summed E-state index contributed by atoms with van der Waals surface area (Å²) in [5, 5.41) is 10.6. The summed E-state index contributed by atoms with van der Waals surface area (Å²) in [5.74, 6) is -1.11. The summed E-state index contributed by atoms with van der Waals surface area (Å²) in [6.07, 6.45) is 7.07. The zero-order valence-electron chi connectivity index (χ0n) is 18.3. The lowest BCUT2D eigenvalue weighted by Crippen LogP contribution is -2.48. The predicted octanol–water partition coefficient (Wildman–Crippen LogP) is 3.34. The van der Waals surface area contributed by atoms with Crippen molar-refractivity contribution in [2.45, 2.75) is 45.8 Å². The van der Waals surface area contributed by atoms with Crippen molar-refractivity contribution in [1.29, 1.82) is 0 Å². The number of carbonyl (C=O) groups is 3. The maximum absolute atomic E-state index is 13.3. The molecule has 1 saturated heterocycles. The van der Waals surface area contributed by atoms with Crippen LogP contribution < -0.4 is 0 Å². The predicted molar refractivity (Wildman–Crippen MR) is 114 cm³/mol. The van der Waals surface area contributed by atoms with Gasteiger partial charge in [0.2, 0.25) is 11.8 Å². The highest BCUT2D eigenvalue weighted by atomic mass is 16.6. The van der Waals surface area contributed by atoms with Crippen molar-refractivity contribution < 1.29 is 24.2 Å². The largest absolute Gasteiger partial charge is 0.508 e. The Morgan fingerprint density at radius 1 is 1.26 bits per heavy atom. The molecule has 1 N–H and O–H groups in total. The molecule has 0 aromatic heterocycles. The monoisotopic (exact) mass is 424 g/mol. The molecule has 1 aromatic rings. The summed E-state index contributed by atoms with van der Waals surface area (Å²) in [7, 11) is 0. The zero-order valence-corrected chi connectivity index (χ0v) is 18.3. The first-order valence-corrected chi connectivity index (χ1v) is 10.5. The maximum atomic E-state index is 13.3. The molecule has 164 valence electrons. The highest BCUT2D eigenvalue weighted by molar-refractivity contribution is 6.09. The van der Waals surface area contributed by atoms with Crippen LogP contribution in [0.5, 0.6) is 5.75 Å². The van der Waals surface area contributed by atoms with Crippen LogP contribution in [0.3, 0.4) is 0 Å². The topological polar surface area (TPSA) is 87.2 Å². The van der Waals surface area contributed by atoms with Gasteiger partial charge in [-0.2, -0.15) is 0 Å². The van der Waals surface area contributed by atoms with Crippen LogP contribution in [0.2, 0.25) is 0 Å². The number of ether oxygens (including phenoxy) is 1. The number of likely N-dealkylation sites (tertiary alicyclic amines) is 1. The van der Waals surface area contributed by atoms with Crippen LogP contribution in [0.4, 0.5) is 4.79 Å². The number of allylic oxidation sites excluding steroid dienone is 2. The molecule has 2 unspecified atom stereocenters. The van der Waals surface area contributed by atoms with Gasteiger partial charge in [0.05, 0.1) is 23.9 Å². The Hall–Kier alpha value is -3.09. The van der Waals surface area contributed by atoms with Crippen molar-refractivity contribution in [3.8, 4) is 5.75 Å². The SMILES string of the molecule is CC(C)(C)OC(=O)N1CCc2cccc(O)c2[C@H]1CN1C(=O)C2C=CC=CC2(C)C1=O. The van der Waals surface area contributed by atoms with Gasteiger partial charge in [0.25, 0.3) is 0 Å². The number of hydrogen-bond donors (Lipinski definition) is 1. The van der Waals surface area contributed by atoms with E-state index in [4.69, 9.17) is 4.74 Å². The average Bonchev–Trinajstić information content (AvgIpc) is 2.87. The third-order valence-corrected chi connectivity index (χ3v) is 6.23. The minimum Gasteiger partial charge on any atom is -0.508 e. The minimum atomic E-state index is -0.932. The van der Waals surface area contributed by atoms with E-state index in [1.54, 1.807) is 64.1 Å². The van der Waals surface area contributed by atoms with Crippen molar-refractivity contribution in [2.75, 3.05) is 13.1 Å². The maximum Gasteiger partial charge on any atom is 0.410 e. The summed E-state index contributed by atoms with van der Waals surface area (Å²) in [6.45, 7) is 7.45. The van der Waals surface area contributed by atoms with Gasteiger partial charge in [-0.25, -0.2) is 4.79 Å². The normalized spacial score (nSPS) is 27.4. The lowest BCUT2D eigenvalue weighted by Gasteiger charge is -2.39. The highest BCUT2D eigenvalue weighted by Crippen LogP contribution is 2.44. The summed E-state index contributed by atoms with van der Waals surface area (Å²) in [4.78, 5) is 42.2. The molecule has 1 aliphatic carbocycles. The second-order valence-corrected chi connectivity index (χ2v) is 9.55. The molecule has 1 aromatic carbocycles. The smallest absolute Gasteiger partial charge is 0.410 e. The van der Waals surface area contributed by atoms with Gasteiger partial charge in [0.1, 0.15) is 11.4 Å². The number of phenols is 1. The Morgan fingerprint density at radius 3 is 2.68 bits per heavy atom. The van der Waals surface area contributed by atoms with Crippen LogP contribution in [0.25, 0.3) is 0 Å². The second kappa shape index (κ2) is 7.25. The lowest BCUT2D eigenvalue weighted by atomic mass is 9.76. The van der Waals surface area contributed by atoms with Gasteiger partial charge in [-0.05, 0) is 45.7 Å². The summed E-state index contributed by atoms with van der Waals surface area (Å²) in [5.41, 5.74) is -0.171. The van der Waals surface area contributed by atoms with Gasteiger partial charge in [-0.15, -0.1) is 0 Å². The molecular formula is C24H28N2O5. The van der Waals surface area contributed by atoms with Crippen molar-refractivity contribution in [3.63, 3.8) is 0 Å². The van der Waals surface area contributed by atoms with Crippen LogP contribution in [-0.2, 0) is 20.7 Å². The fourth-order valence-corrected chi connectivity index (χ4v) is 4.67. The van der Waals surface area contributed by atoms with E-state index in [2.05, 4.69) is 0 Å². The number of fused-ring (bicyclic) bond motifs is 2. The molecule has 1 fully saturated rings. The molecule has 3 atom stereocenters. The number of phenolic OH excluding ortho intramolecular Hbond substituents is 1. The number of carbonyl (C=O) groups excluding carboxylic acids is 3. The number of amides is 3. The number of benzene rings is 1. The summed E-state index contributed by atoms with van der Waals surface area (Å²) in [6, 6.07) is 4.52. The van der Waals surface area contributed by atoms with Gasteiger partial charge >= 0.3 is 6.09 Å². The Bertz CT molecular complexity index is 1010. The Kier molecular flexibility index (Phi) is 4.95. The van der Waals surface area contributed by atoms with Crippen LogP contribution >= 0.6 is 0 Å². The third-order valence-electron chi connectivity index (χ3n) is 6.23. The first kappa shape index (κ1) is 21.2. The van der Waals surface area contributed by atoms with Crippen molar-refractivity contribution in [1.82, 2.24) is 9.80 Å². The van der Waals surface area contributed by atoms with Crippen LogP contribution in [0.15, 0.2) is 42.5 Å². The fraction of sp³-hybridized carbons (Fsp3) is 0.458. The van der Waals surface area contributed by atoms with E-state index in [0.29, 0.717) is 18.5 Å². The molecule has 3 aliphatic rings. The molecule has 2 heterocycles. The molecule has 7 heteroatoms. The van der Waals surface area contributed by atoms with Gasteiger partial charge in [0, 0.05) is 12.1 Å². The van der Waals surface area contributed by atoms with E-state index in [0.717, 1.165) is 5.56 Å². The highest BCUT2D eigenvalue weighted by Gasteiger charge is 2.55. The van der Waals surface area contributed by atoms with Crippen molar-refractivity contribution >= 4 is 17.9 Å². The van der Waals surface area contributed by atoms with Crippen LogP contribution in [-0.4, -0.2) is 51.5 Å². The standard InChI is InChI=1S/C24H28N2O5/c1-23(2,3)31-22(30)25-13-11-15-8-7-10-18(27)19(15)17(25)14-26-20(28)16-9-5-6-12-24(16,4)21(26)29/h5-10,12,16-17,27H,11,13-14H2,1-4H3/t16?,17-,24?/m1/s1. The second-order valence-electron chi connectivity index (χ2n) is 9.55. The average molecular weight is 424 g/mol. The molecule has 4 rings (SSSR count).